The molecule has 1 unspecified atom stereocenters. The van der Waals surface area contributed by atoms with Crippen LogP contribution in [0.1, 0.15) is 108 Å². The van der Waals surface area contributed by atoms with Crippen molar-refractivity contribution < 1.29 is 4.79 Å². The van der Waals surface area contributed by atoms with Gasteiger partial charge < -0.3 is 5.32 Å². The van der Waals surface area contributed by atoms with Gasteiger partial charge in [-0.1, -0.05) is 114 Å². The molecule has 1 aromatic heterocycles. The fourth-order valence-corrected chi connectivity index (χ4v) is 3.94. The van der Waals surface area contributed by atoms with Crippen molar-refractivity contribution in [2.75, 3.05) is 0 Å². The first-order valence-corrected chi connectivity index (χ1v) is 13.8. The number of amides is 1. The molecular weight excluding hydrogens is 454 g/mol. The molecule has 1 N–H and O–H groups in total. The molecule has 37 heavy (non-hydrogen) atoms. The molecule has 0 bridgehead atoms. The van der Waals surface area contributed by atoms with Crippen LogP contribution in [0.25, 0.3) is 11.8 Å². The summed E-state index contributed by atoms with van der Waals surface area (Å²) in [5, 5.41) is 8.11. The van der Waals surface area contributed by atoms with E-state index in [9.17, 15) is 4.79 Å². The van der Waals surface area contributed by atoms with E-state index in [4.69, 9.17) is 5.10 Å². The van der Waals surface area contributed by atoms with Gasteiger partial charge in [-0.05, 0) is 57.4 Å². The zero-order valence-electron chi connectivity index (χ0n) is 24.0. The maximum atomic E-state index is 13.6. The lowest BCUT2D eigenvalue weighted by molar-refractivity contribution is 0.0933. The minimum Gasteiger partial charge on any atom is -0.345 e. The molecule has 2 aromatic carbocycles. The Morgan fingerprint density at radius 2 is 1.49 bits per heavy atom. The molecule has 4 nitrogen and oxygen atoms in total. The third kappa shape index (κ3) is 9.87. The molecule has 3 aromatic rings. The Hall–Kier alpha value is -3.40. The summed E-state index contributed by atoms with van der Waals surface area (Å²) in [6.45, 7) is 14.2. The van der Waals surface area contributed by atoms with Crippen LogP contribution in [0, 0.1) is 0 Å². The van der Waals surface area contributed by atoms with Gasteiger partial charge in [-0.25, -0.2) is 4.68 Å². The van der Waals surface area contributed by atoms with Crippen molar-refractivity contribution in [1.82, 2.24) is 15.1 Å². The number of unbranched alkanes of at least 4 members (excludes halogenated alkanes) is 2. The van der Waals surface area contributed by atoms with Gasteiger partial charge in [0.25, 0.3) is 5.91 Å². The van der Waals surface area contributed by atoms with Crippen LogP contribution in [-0.4, -0.2) is 15.7 Å². The zero-order valence-corrected chi connectivity index (χ0v) is 24.0. The van der Waals surface area contributed by atoms with Crippen LogP contribution in [0.15, 0.2) is 78.9 Å². The standard InChI is InChI=1S/C27H33N3O.C4H8.C2H6/c1-4-7-10-20-23(21-16-11-8-12-17-21)28-27(31)26-24(15-5-2)29-30(25(26)6-3)22-18-13-9-14-19-22;1-3-4-2;1-2/h5,8-9,11-19,23H,4,6-7,10,20H2,1-3H3,(H,28,31);3-4H,1-2H3;1-2H3/b15-5+;4-3-;. The maximum absolute atomic E-state index is 13.6. The highest BCUT2D eigenvalue weighted by Crippen LogP contribution is 2.25. The normalized spacial score (nSPS) is 11.4. The first kappa shape index (κ1) is 31.6. The topological polar surface area (TPSA) is 46.9 Å². The van der Waals surface area contributed by atoms with Crippen molar-refractivity contribution in [2.45, 2.75) is 86.6 Å². The van der Waals surface area contributed by atoms with E-state index in [1.807, 2.05) is 112 Å². The van der Waals surface area contributed by atoms with E-state index in [1.165, 1.54) is 0 Å². The smallest absolute Gasteiger partial charge is 0.255 e. The number of para-hydroxylation sites is 1. The van der Waals surface area contributed by atoms with Crippen LogP contribution in [-0.2, 0) is 6.42 Å². The summed E-state index contributed by atoms with van der Waals surface area (Å²) in [5.41, 5.74) is 4.42. The predicted octanol–water partition coefficient (Wildman–Crippen LogP) is 9.13. The molecule has 0 spiro atoms. The van der Waals surface area contributed by atoms with Gasteiger partial charge >= 0.3 is 0 Å². The second-order valence-electron chi connectivity index (χ2n) is 8.41. The van der Waals surface area contributed by atoms with Crippen molar-refractivity contribution >= 4 is 12.0 Å². The third-order valence-corrected chi connectivity index (χ3v) is 5.83. The fourth-order valence-electron chi connectivity index (χ4n) is 3.94. The van der Waals surface area contributed by atoms with Crippen molar-refractivity contribution in [3.05, 3.63) is 101 Å². The van der Waals surface area contributed by atoms with Crippen LogP contribution in [0.4, 0.5) is 0 Å². The Kier molecular flexibility index (Phi) is 16.1. The Morgan fingerprint density at radius 3 is 2.00 bits per heavy atom. The van der Waals surface area contributed by atoms with Gasteiger partial charge in [0.2, 0.25) is 0 Å². The molecule has 0 saturated heterocycles. The van der Waals surface area contributed by atoms with E-state index in [-0.39, 0.29) is 11.9 Å². The van der Waals surface area contributed by atoms with Crippen molar-refractivity contribution in [3.63, 3.8) is 0 Å². The number of nitrogens with zero attached hydrogens (tertiary/aromatic N) is 2. The number of carbonyl (C=O) groups excluding carboxylic acids is 1. The molecule has 4 heteroatoms. The van der Waals surface area contributed by atoms with E-state index >= 15 is 0 Å². The van der Waals surface area contributed by atoms with E-state index in [0.717, 1.165) is 42.6 Å². The molecule has 1 heterocycles. The molecule has 0 aliphatic heterocycles. The van der Waals surface area contributed by atoms with E-state index in [2.05, 4.69) is 31.3 Å². The van der Waals surface area contributed by atoms with Crippen LogP contribution >= 0.6 is 0 Å². The quantitative estimate of drug-likeness (QED) is 0.222. The molecule has 0 saturated carbocycles. The van der Waals surface area contributed by atoms with Gasteiger partial charge in [0.15, 0.2) is 0 Å². The molecule has 0 fully saturated rings. The number of hydrogen-bond acceptors (Lipinski definition) is 2. The monoisotopic (exact) mass is 501 g/mol. The lowest BCUT2D eigenvalue weighted by Crippen LogP contribution is -2.29. The highest BCUT2D eigenvalue weighted by molar-refractivity contribution is 5.98. The molecular formula is C33H47N3O. The van der Waals surface area contributed by atoms with Gasteiger partial charge in [0.1, 0.15) is 0 Å². The summed E-state index contributed by atoms with van der Waals surface area (Å²) in [5.74, 6) is -0.0579. The second-order valence-corrected chi connectivity index (χ2v) is 8.41. The number of hydrogen-bond donors (Lipinski definition) is 1. The fraction of sp³-hybridized carbons (Fsp3) is 0.394. The van der Waals surface area contributed by atoms with E-state index in [1.54, 1.807) is 0 Å². The van der Waals surface area contributed by atoms with Crippen LogP contribution < -0.4 is 5.32 Å². The number of rotatable bonds is 10. The van der Waals surface area contributed by atoms with Crippen LogP contribution in [0.3, 0.4) is 0 Å². The number of nitrogens with one attached hydrogen (secondary N) is 1. The Balaban J connectivity index is 0.00000104. The molecule has 1 atom stereocenters. The van der Waals surface area contributed by atoms with Gasteiger partial charge in [-0.2, -0.15) is 5.10 Å². The zero-order chi connectivity index (χ0) is 27.5. The lowest BCUT2D eigenvalue weighted by Gasteiger charge is -2.20. The summed E-state index contributed by atoms with van der Waals surface area (Å²) in [6, 6.07) is 20.3. The summed E-state index contributed by atoms with van der Waals surface area (Å²) in [4.78, 5) is 13.6. The number of aromatic nitrogens is 2. The SMILES string of the molecule is C/C=C/c1nn(-c2ccccc2)c(CC)c1C(=O)NC(CCCCC)c1ccccc1.C/C=C\C.CC. The number of allylic oxidation sites excluding steroid dienone is 3. The lowest BCUT2D eigenvalue weighted by atomic mass is 9.99. The minimum absolute atomic E-state index is 0.0107. The average Bonchev–Trinajstić information content (AvgIpc) is 3.33. The largest absolute Gasteiger partial charge is 0.345 e. The van der Waals surface area contributed by atoms with E-state index < -0.39 is 0 Å². The summed E-state index contributed by atoms with van der Waals surface area (Å²) >= 11 is 0. The van der Waals surface area contributed by atoms with Crippen LogP contribution in [0.2, 0.25) is 0 Å². The number of carbonyl (C=O) groups is 1. The highest BCUT2D eigenvalue weighted by Gasteiger charge is 2.24. The Bertz CT molecular complexity index is 1060. The Labute approximate surface area is 225 Å². The minimum atomic E-state index is -0.0579. The molecule has 1 amide bonds. The van der Waals surface area contributed by atoms with Gasteiger partial charge in [-0.3, -0.25) is 4.79 Å². The van der Waals surface area contributed by atoms with Crippen molar-refractivity contribution in [1.29, 1.82) is 0 Å². The van der Waals surface area contributed by atoms with Gasteiger partial charge in [0.05, 0.1) is 28.7 Å². The Morgan fingerprint density at radius 1 is 0.892 bits per heavy atom. The van der Waals surface area contributed by atoms with Gasteiger partial charge in [-0.15, -0.1) is 0 Å². The molecule has 3 rings (SSSR count). The summed E-state index contributed by atoms with van der Waals surface area (Å²) < 4.78 is 1.90. The number of benzene rings is 2. The first-order chi connectivity index (χ1) is 18.1. The second kappa shape index (κ2) is 18.8. The summed E-state index contributed by atoms with van der Waals surface area (Å²) in [7, 11) is 0. The molecule has 0 aliphatic carbocycles. The first-order valence-electron chi connectivity index (χ1n) is 13.8. The van der Waals surface area contributed by atoms with Crippen molar-refractivity contribution in [3.8, 4) is 5.69 Å². The maximum Gasteiger partial charge on any atom is 0.255 e. The molecule has 0 aliphatic rings. The van der Waals surface area contributed by atoms with E-state index in [0.29, 0.717) is 17.7 Å². The molecule has 200 valence electrons. The third-order valence-electron chi connectivity index (χ3n) is 5.83. The average molecular weight is 502 g/mol. The summed E-state index contributed by atoms with van der Waals surface area (Å²) in [6.07, 6.45) is 12.9. The van der Waals surface area contributed by atoms with Gasteiger partial charge in [0, 0.05) is 0 Å². The predicted molar refractivity (Wildman–Crippen MR) is 160 cm³/mol. The molecule has 0 radical (unpaired) electrons. The van der Waals surface area contributed by atoms with Crippen molar-refractivity contribution in [2.24, 2.45) is 0 Å². The highest BCUT2D eigenvalue weighted by atomic mass is 16.1. The van der Waals surface area contributed by atoms with Crippen LogP contribution in [0.5, 0.6) is 0 Å².